The summed E-state index contributed by atoms with van der Waals surface area (Å²) in [6.07, 6.45) is 6.87. The van der Waals surface area contributed by atoms with Crippen LogP contribution in [-0.2, 0) is 4.79 Å². The van der Waals surface area contributed by atoms with E-state index in [9.17, 15) is 14.7 Å². The molecule has 2 atom stereocenters. The Bertz CT molecular complexity index is 934. The number of likely N-dealkylation sites (tertiary alicyclic amines) is 1. The number of rotatable bonds is 5. The summed E-state index contributed by atoms with van der Waals surface area (Å²) >= 11 is 1.28. The SMILES string of the molecule is CC1CCC(C(=O)N(c2cc(-c3ccccc3)sc2C(=O)O)C2CCC[NH+](C)CC2)CC1. The third kappa shape index (κ3) is 5.07. The zero-order chi connectivity index (χ0) is 22.7. The van der Waals surface area contributed by atoms with Gasteiger partial charge in [-0.05, 0) is 56.1 Å². The van der Waals surface area contributed by atoms with Crippen molar-refractivity contribution >= 4 is 28.9 Å². The lowest BCUT2D eigenvalue weighted by Crippen LogP contribution is -3.08. The molecular weight excluding hydrogens is 420 g/mol. The quantitative estimate of drug-likeness (QED) is 0.705. The van der Waals surface area contributed by atoms with E-state index in [1.165, 1.54) is 16.2 Å². The number of amides is 1. The van der Waals surface area contributed by atoms with E-state index in [1.807, 2.05) is 41.3 Å². The molecule has 1 saturated carbocycles. The highest BCUT2D eigenvalue weighted by Gasteiger charge is 2.36. The molecule has 2 heterocycles. The van der Waals surface area contributed by atoms with E-state index >= 15 is 0 Å². The topological polar surface area (TPSA) is 62.0 Å². The number of benzene rings is 1. The van der Waals surface area contributed by atoms with Crippen molar-refractivity contribution in [2.75, 3.05) is 25.0 Å². The number of anilines is 1. The Hall–Kier alpha value is -2.18. The van der Waals surface area contributed by atoms with Crippen LogP contribution in [0.1, 0.15) is 61.5 Å². The number of carbonyl (C=O) groups excluding carboxylic acids is 1. The van der Waals surface area contributed by atoms with Gasteiger partial charge in [-0.25, -0.2) is 4.79 Å². The Labute approximate surface area is 195 Å². The van der Waals surface area contributed by atoms with Crippen LogP contribution < -0.4 is 9.80 Å². The molecule has 2 aromatic rings. The molecule has 2 N–H and O–H groups in total. The summed E-state index contributed by atoms with van der Waals surface area (Å²) in [5.41, 5.74) is 1.60. The van der Waals surface area contributed by atoms with Crippen LogP contribution in [0.4, 0.5) is 5.69 Å². The fourth-order valence-corrected chi connectivity index (χ4v) is 6.23. The van der Waals surface area contributed by atoms with E-state index in [2.05, 4.69) is 14.0 Å². The van der Waals surface area contributed by atoms with Gasteiger partial charge in [0.1, 0.15) is 4.88 Å². The summed E-state index contributed by atoms with van der Waals surface area (Å²) in [4.78, 5) is 30.8. The first-order valence-corrected chi connectivity index (χ1v) is 12.8. The maximum atomic E-state index is 13.9. The number of hydrogen-bond acceptors (Lipinski definition) is 3. The second-order valence-electron chi connectivity index (χ2n) is 9.70. The van der Waals surface area contributed by atoms with Gasteiger partial charge in [0, 0.05) is 23.3 Å². The Balaban J connectivity index is 1.74. The van der Waals surface area contributed by atoms with Crippen molar-refractivity contribution in [3.05, 3.63) is 41.3 Å². The zero-order valence-corrected chi connectivity index (χ0v) is 20.0. The van der Waals surface area contributed by atoms with Gasteiger partial charge in [0.2, 0.25) is 5.91 Å². The van der Waals surface area contributed by atoms with Crippen LogP contribution >= 0.6 is 11.3 Å². The Kier molecular flexibility index (Phi) is 7.31. The molecule has 1 aliphatic heterocycles. The molecule has 1 aromatic carbocycles. The minimum atomic E-state index is -0.946. The number of hydrogen-bond donors (Lipinski definition) is 2. The summed E-state index contributed by atoms with van der Waals surface area (Å²) in [5.74, 6) is -0.135. The first-order chi connectivity index (χ1) is 15.4. The van der Waals surface area contributed by atoms with Gasteiger partial charge in [0.15, 0.2) is 0 Å². The number of nitrogens with zero attached hydrogens (tertiary/aromatic N) is 1. The van der Waals surface area contributed by atoms with Crippen LogP contribution in [0.3, 0.4) is 0 Å². The van der Waals surface area contributed by atoms with Gasteiger partial charge in [-0.3, -0.25) is 4.79 Å². The van der Waals surface area contributed by atoms with E-state index in [1.54, 1.807) is 0 Å². The summed E-state index contributed by atoms with van der Waals surface area (Å²) < 4.78 is 0. The van der Waals surface area contributed by atoms with Crippen molar-refractivity contribution in [2.24, 2.45) is 11.8 Å². The average Bonchev–Trinajstić information content (AvgIpc) is 3.12. The predicted octanol–water partition coefficient (Wildman–Crippen LogP) is 4.34. The van der Waals surface area contributed by atoms with Crippen LogP contribution in [0.15, 0.2) is 36.4 Å². The van der Waals surface area contributed by atoms with Crippen LogP contribution in [0.25, 0.3) is 10.4 Å². The number of aromatic carboxylic acids is 1. The first kappa shape index (κ1) is 23.0. The van der Waals surface area contributed by atoms with Gasteiger partial charge >= 0.3 is 5.97 Å². The van der Waals surface area contributed by atoms with Gasteiger partial charge in [-0.1, -0.05) is 37.3 Å². The molecule has 0 spiro atoms. The summed E-state index contributed by atoms with van der Waals surface area (Å²) in [6.45, 7) is 4.37. The minimum Gasteiger partial charge on any atom is -0.477 e. The fourth-order valence-electron chi connectivity index (χ4n) is 5.24. The van der Waals surface area contributed by atoms with Gasteiger partial charge in [-0.15, -0.1) is 11.3 Å². The monoisotopic (exact) mass is 455 g/mol. The molecule has 6 heteroatoms. The molecule has 4 rings (SSSR count). The maximum Gasteiger partial charge on any atom is 0.348 e. The predicted molar refractivity (Wildman–Crippen MR) is 130 cm³/mol. The number of nitrogens with one attached hydrogen (secondary N) is 1. The van der Waals surface area contributed by atoms with Gasteiger partial charge in [0.25, 0.3) is 0 Å². The van der Waals surface area contributed by atoms with E-state index in [0.29, 0.717) is 11.6 Å². The van der Waals surface area contributed by atoms with Gasteiger partial charge in [-0.2, -0.15) is 0 Å². The largest absolute Gasteiger partial charge is 0.477 e. The van der Waals surface area contributed by atoms with Crippen molar-refractivity contribution in [3.8, 4) is 10.4 Å². The minimum absolute atomic E-state index is 0.00116. The Morgan fingerprint density at radius 3 is 2.44 bits per heavy atom. The molecular formula is C26H35N2O3S+. The highest BCUT2D eigenvalue weighted by molar-refractivity contribution is 7.18. The molecule has 5 nitrogen and oxygen atoms in total. The molecule has 0 radical (unpaired) electrons. The molecule has 0 bridgehead atoms. The van der Waals surface area contributed by atoms with Crippen molar-refractivity contribution < 1.29 is 19.6 Å². The van der Waals surface area contributed by atoms with Gasteiger partial charge < -0.3 is 14.9 Å². The van der Waals surface area contributed by atoms with Crippen LogP contribution in [0.2, 0.25) is 0 Å². The van der Waals surface area contributed by atoms with E-state index in [4.69, 9.17) is 0 Å². The fraction of sp³-hybridized carbons (Fsp3) is 0.538. The highest BCUT2D eigenvalue weighted by atomic mass is 32.1. The molecule has 1 saturated heterocycles. The normalized spacial score (nSPS) is 26.3. The standard InChI is InChI=1S/C26H34N2O3S/c1-18-10-12-20(13-11-18)25(29)28(21-9-6-15-27(2)16-14-21)22-17-23(32-24(22)26(30)31)19-7-4-3-5-8-19/h3-5,7-8,17-18,20-21H,6,9-16H2,1-2H3,(H,30,31)/p+1. The Morgan fingerprint density at radius 1 is 1.03 bits per heavy atom. The van der Waals surface area contributed by atoms with E-state index in [-0.39, 0.29) is 22.7 Å². The summed E-state index contributed by atoms with van der Waals surface area (Å²) in [7, 11) is 2.21. The van der Waals surface area contributed by atoms with Crippen LogP contribution in [0, 0.1) is 11.8 Å². The first-order valence-electron chi connectivity index (χ1n) is 12.0. The molecule has 1 aromatic heterocycles. The van der Waals surface area contributed by atoms with Crippen molar-refractivity contribution in [3.63, 3.8) is 0 Å². The lowest BCUT2D eigenvalue weighted by atomic mass is 9.82. The number of quaternary nitrogens is 1. The molecule has 172 valence electrons. The maximum absolute atomic E-state index is 13.9. The third-order valence-corrected chi connectivity index (χ3v) is 8.40. The average molecular weight is 456 g/mol. The van der Waals surface area contributed by atoms with Crippen LogP contribution in [0.5, 0.6) is 0 Å². The third-order valence-electron chi connectivity index (χ3n) is 7.24. The zero-order valence-electron chi connectivity index (χ0n) is 19.2. The van der Waals surface area contributed by atoms with Gasteiger partial charge in [0.05, 0.1) is 25.8 Å². The number of thiophene rings is 1. The van der Waals surface area contributed by atoms with Crippen molar-refractivity contribution in [2.45, 2.75) is 57.9 Å². The van der Waals surface area contributed by atoms with Crippen molar-refractivity contribution in [1.29, 1.82) is 0 Å². The second kappa shape index (κ2) is 10.2. The molecule has 1 aliphatic carbocycles. The van der Waals surface area contributed by atoms with Crippen molar-refractivity contribution in [1.82, 2.24) is 0 Å². The lowest BCUT2D eigenvalue weighted by Gasteiger charge is -2.35. The second-order valence-corrected chi connectivity index (χ2v) is 10.8. The number of carboxylic acid groups (broad SMARTS) is 1. The molecule has 2 fully saturated rings. The molecule has 1 amide bonds. The molecule has 32 heavy (non-hydrogen) atoms. The van der Waals surface area contributed by atoms with E-state index in [0.717, 1.165) is 68.5 Å². The molecule has 2 unspecified atom stereocenters. The van der Waals surface area contributed by atoms with E-state index < -0.39 is 5.97 Å². The number of carbonyl (C=O) groups is 2. The smallest absolute Gasteiger partial charge is 0.348 e. The highest BCUT2D eigenvalue weighted by Crippen LogP contribution is 2.40. The summed E-state index contributed by atoms with van der Waals surface area (Å²) in [6, 6.07) is 11.9. The molecule has 2 aliphatic rings. The number of carboxylic acids is 1. The Morgan fingerprint density at radius 2 is 1.75 bits per heavy atom. The summed E-state index contributed by atoms with van der Waals surface area (Å²) in [5, 5.41) is 10.1. The lowest BCUT2D eigenvalue weighted by molar-refractivity contribution is -0.878. The van der Waals surface area contributed by atoms with Crippen LogP contribution in [-0.4, -0.2) is 43.2 Å².